The predicted molar refractivity (Wildman–Crippen MR) is 69.7 cm³/mol. The normalized spacial score (nSPS) is 21.9. The zero-order valence-electron chi connectivity index (χ0n) is 11.5. The maximum atomic E-state index is 5.79. The van der Waals surface area contributed by atoms with Crippen LogP contribution in [0.2, 0.25) is 0 Å². The first-order valence-electron chi connectivity index (χ1n) is 6.97. The van der Waals surface area contributed by atoms with Crippen molar-refractivity contribution in [1.29, 1.82) is 0 Å². The van der Waals surface area contributed by atoms with Gasteiger partial charge in [-0.25, -0.2) is 0 Å². The van der Waals surface area contributed by atoms with Crippen molar-refractivity contribution >= 4 is 0 Å². The van der Waals surface area contributed by atoms with E-state index in [1.807, 2.05) is 0 Å². The maximum absolute atomic E-state index is 5.79. The van der Waals surface area contributed by atoms with Gasteiger partial charge >= 0.3 is 0 Å². The summed E-state index contributed by atoms with van der Waals surface area (Å²) in [4.78, 5) is 0. The number of hydrogen-bond donors (Lipinski definition) is 1. The summed E-state index contributed by atoms with van der Waals surface area (Å²) < 4.78 is 5.79. The Morgan fingerprint density at radius 3 is 2.44 bits per heavy atom. The molecule has 1 saturated heterocycles. The quantitative estimate of drug-likeness (QED) is 0.720. The van der Waals surface area contributed by atoms with Crippen LogP contribution < -0.4 is 5.32 Å². The first-order chi connectivity index (χ1) is 7.62. The molecule has 0 aromatic rings. The van der Waals surface area contributed by atoms with Gasteiger partial charge in [-0.1, -0.05) is 27.7 Å². The fourth-order valence-corrected chi connectivity index (χ4v) is 2.57. The van der Waals surface area contributed by atoms with Crippen LogP contribution in [0, 0.1) is 5.41 Å². The molecule has 1 atom stereocenters. The topological polar surface area (TPSA) is 21.3 Å². The Labute approximate surface area is 101 Å². The molecular formula is C14H29NO. The molecule has 0 aliphatic carbocycles. The number of ether oxygens (including phenoxy) is 1. The van der Waals surface area contributed by atoms with Gasteiger partial charge in [0.05, 0.1) is 6.10 Å². The summed E-state index contributed by atoms with van der Waals surface area (Å²) in [6.07, 6.45) is 6.79. The lowest BCUT2D eigenvalue weighted by molar-refractivity contribution is 0.0553. The third-order valence-electron chi connectivity index (χ3n) is 4.07. The molecule has 0 aromatic carbocycles. The van der Waals surface area contributed by atoms with Crippen LogP contribution in [0.15, 0.2) is 0 Å². The first kappa shape index (κ1) is 14.0. The fraction of sp³-hybridized carbons (Fsp3) is 1.00. The number of hydrogen-bond acceptors (Lipinski definition) is 2. The molecule has 1 N–H and O–H groups in total. The summed E-state index contributed by atoms with van der Waals surface area (Å²) in [5, 5.41) is 3.61. The molecule has 0 spiro atoms. The van der Waals surface area contributed by atoms with Crippen LogP contribution in [0.4, 0.5) is 0 Å². The van der Waals surface area contributed by atoms with Gasteiger partial charge in [0.25, 0.3) is 0 Å². The molecule has 1 unspecified atom stereocenters. The summed E-state index contributed by atoms with van der Waals surface area (Å²) in [7, 11) is 0. The smallest absolute Gasteiger partial charge is 0.0581 e. The zero-order valence-corrected chi connectivity index (χ0v) is 11.5. The first-order valence-corrected chi connectivity index (χ1v) is 6.97. The molecule has 0 radical (unpaired) electrons. The van der Waals surface area contributed by atoms with E-state index in [1.54, 1.807) is 0 Å². The highest BCUT2D eigenvalue weighted by Gasteiger charge is 2.31. The van der Waals surface area contributed by atoms with Gasteiger partial charge in [-0.3, -0.25) is 0 Å². The fourth-order valence-electron chi connectivity index (χ4n) is 2.57. The minimum atomic E-state index is 0.444. The monoisotopic (exact) mass is 227 g/mol. The van der Waals surface area contributed by atoms with E-state index in [0.717, 1.165) is 13.2 Å². The summed E-state index contributed by atoms with van der Waals surface area (Å²) in [6, 6.07) is 0.585. The summed E-state index contributed by atoms with van der Waals surface area (Å²) in [5.74, 6) is 0. The molecule has 2 nitrogen and oxygen atoms in total. The van der Waals surface area contributed by atoms with Gasteiger partial charge in [-0.2, -0.15) is 0 Å². The summed E-state index contributed by atoms with van der Waals surface area (Å²) in [6.45, 7) is 11.2. The van der Waals surface area contributed by atoms with E-state index >= 15 is 0 Å². The van der Waals surface area contributed by atoms with E-state index in [-0.39, 0.29) is 0 Å². The molecule has 96 valence electrons. The van der Waals surface area contributed by atoms with Crippen LogP contribution in [-0.2, 0) is 4.74 Å². The van der Waals surface area contributed by atoms with E-state index in [2.05, 4.69) is 33.0 Å². The molecule has 16 heavy (non-hydrogen) atoms. The molecule has 1 rings (SSSR count). The van der Waals surface area contributed by atoms with E-state index in [4.69, 9.17) is 4.74 Å². The zero-order chi connectivity index (χ0) is 12.0. The van der Waals surface area contributed by atoms with Crippen molar-refractivity contribution in [1.82, 2.24) is 5.32 Å². The highest BCUT2D eigenvalue weighted by Crippen LogP contribution is 2.35. The minimum absolute atomic E-state index is 0.444. The van der Waals surface area contributed by atoms with Crippen LogP contribution in [0.5, 0.6) is 0 Å². The molecule has 0 saturated carbocycles. The van der Waals surface area contributed by atoms with Crippen molar-refractivity contribution in [3.8, 4) is 0 Å². The maximum Gasteiger partial charge on any atom is 0.0581 e. The van der Waals surface area contributed by atoms with Crippen LogP contribution in [0.3, 0.4) is 0 Å². The molecule has 0 aromatic heterocycles. The van der Waals surface area contributed by atoms with E-state index in [1.165, 1.54) is 32.1 Å². The van der Waals surface area contributed by atoms with Crippen molar-refractivity contribution < 1.29 is 4.74 Å². The summed E-state index contributed by atoms with van der Waals surface area (Å²) >= 11 is 0. The Morgan fingerprint density at radius 2 is 2.00 bits per heavy atom. The van der Waals surface area contributed by atoms with Crippen molar-refractivity contribution in [2.24, 2.45) is 5.41 Å². The Balaban J connectivity index is 2.48. The Kier molecular flexibility index (Phi) is 5.77. The average Bonchev–Trinajstić information content (AvgIpc) is 2.77. The molecule has 1 aliphatic heterocycles. The summed E-state index contributed by atoms with van der Waals surface area (Å²) in [5.41, 5.74) is 0.444. The number of nitrogens with one attached hydrogen (secondary N) is 1. The largest absolute Gasteiger partial charge is 0.378 e. The lowest BCUT2D eigenvalue weighted by Crippen LogP contribution is -2.39. The van der Waals surface area contributed by atoms with Gasteiger partial charge in [-0.05, 0) is 37.5 Å². The van der Waals surface area contributed by atoms with Crippen LogP contribution >= 0.6 is 0 Å². The molecule has 2 heteroatoms. The van der Waals surface area contributed by atoms with Gasteiger partial charge < -0.3 is 10.1 Å². The highest BCUT2D eigenvalue weighted by molar-refractivity contribution is 4.84. The third kappa shape index (κ3) is 4.06. The van der Waals surface area contributed by atoms with Gasteiger partial charge in [0.2, 0.25) is 0 Å². The van der Waals surface area contributed by atoms with Gasteiger partial charge in [0.1, 0.15) is 0 Å². The van der Waals surface area contributed by atoms with Crippen molar-refractivity contribution in [2.45, 2.75) is 71.9 Å². The van der Waals surface area contributed by atoms with E-state index in [0.29, 0.717) is 17.6 Å². The Morgan fingerprint density at radius 1 is 1.31 bits per heavy atom. The lowest BCUT2D eigenvalue weighted by Gasteiger charge is -2.35. The molecule has 0 amide bonds. The van der Waals surface area contributed by atoms with Crippen molar-refractivity contribution in [3.05, 3.63) is 0 Å². The number of rotatable bonds is 7. The third-order valence-corrected chi connectivity index (χ3v) is 4.07. The molecule has 0 bridgehead atoms. The second-order valence-corrected chi connectivity index (χ2v) is 5.58. The molecule has 1 aliphatic rings. The lowest BCUT2D eigenvalue weighted by atomic mass is 9.77. The Bertz CT molecular complexity index is 181. The Hall–Kier alpha value is -0.0800. The van der Waals surface area contributed by atoms with Crippen LogP contribution in [0.1, 0.15) is 59.8 Å². The van der Waals surface area contributed by atoms with Crippen molar-refractivity contribution in [2.75, 3.05) is 13.2 Å². The van der Waals surface area contributed by atoms with Gasteiger partial charge in [0.15, 0.2) is 0 Å². The standard InChI is InChI=1S/C14H29NO/c1-5-14(6-2,11-15-12(3)4)10-13-8-7-9-16-13/h12-13,15H,5-11H2,1-4H3. The molecule has 1 fully saturated rings. The SMILES string of the molecule is CCC(CC)(CNC(C)C)CC1CCCO1. The second kappa shape index (κ2) is 6.61. The van der Waals surface area contributed by atoms with E-state index < -0.39 is 0 Å². The molecular weight excluding hydrogens is 198 g/mol. The van der Waals surface area contributed by atoms with Crippen LogP contribution in [0.25, 0.3) is 0 Å². The predicted octanol–water partition coefficient (Wildman–Crippen LogP) is 3.36. The second-order valence-electron chi connectivity index (χ2n) is 5.58. The highest BCUT2D eigenvalue weighted by atomic mass is 16.5. The minimum Gasteiger partial charge on any atom is -0.378 e. The van der Waals surface area contributed by atoms with Gasteiger partial charge in [-0.15, -0.1) is 0 Å². The van der Waals surface area contributed by atoms with Crippen LogP contribution in [-0.4, -0.2) is 25.3 Å². The van der Waals surface area contributed by atoms with E-state index in [9.17, 15) is 0 Å². The molecule has 1 heterocycles. The average molecular weight is 227 g/mol. The van der Waals surface area contributed by atoms with Crippen molar-refractivity contribution in [3.63, 3.8) is 0 Å². The van der Waals surface area contributed by atoms with Gasteiger partial charge in [0, 0.05) is 19.2 Å².